The van der Waals surface area contributed by atoms with Crippen LogP contribution < -0.4 is 0 Å². The van der Waals surface area contributed by atoms with E-state index >= 15 is 0 Å². The van der Waals surface area contributed by atoms with Crippen molar-refractivity contribution in [2.45, 2.75) is 12.5 Å². The molecule has 0 bridgehead atoms. The highest BCUT2D eigenvalue weighted by Crippen LogP contribution is 1.89. The molecule has 0 unspecified atom stereocenters. The van der Waals surface area contributed by atoms with Gasteiger partial charge in [0, 0.05) is 6.42 Å². The highest BCUT2D eigenvalue weighted by atomic mass is 16.3. The molecule has 0 aromatic carbocycles. The van der Waals surface area contributed by atoms with Gasteiger partial charge in [0.25, 0.3) is 0 Å². The minimum Gasteiger partial charge on any atom is -0.394 e. The van der Waals surface area contributed by atoms with Crippen molar-refractivity contribution in [1.82, 2.24) is 0 Å². The zero-order valence-electron chi connectivity index (χ0n) is 4.95. The van der Waals surface area contributed by atoms with Gasteiger partial charge in [-0.15, -0.1) is 0 Å². The molecule has 0 fully saturated rings. The second kappa shape index (κ2) is 4.43. The van der Waals surface area contributed by atoms with Crippen molar-refractivity contribution in [2.24, 2.45) is 0 Å². The van der Waals surface area contributed by atoms with E-state index in [-0.39, 0.29) is 6.42 Å². The first-order chi connectivity index (χ1) is 4.20. The highest BCUT2D eigenvalue weighted by molar-refractivity contribution is 5.79. The Morgan fingerprint density at radius 2 is 2.00 bits per heavy atom. The first-order valence-electron chi connectivity index (χ1n) is 2.62. The molecule has 9 heavy (non-hydrogen) atoms. The van der Waals surface area contributed by atoms with Gasteiger partial charge in [-0.3, -0.25) is 4.79 Å². The Kier molecular flexibility index (Phi) is 4.21. The normalized spacial score (nSPS) is 13.2. The number of aliphatic hydroxyl groups is 3. The summed E-state index contributed by atoms with van der Waals surface area (Å²) >= 11 is 0. The molecular formula is C5H10O4. The van der Waals surface area contributed by atoms with Crippen molar-refractivity contribution in [3.63, 3.8) is 0 Å². The van der Waals surface area contributed by atoms with Crippen LogP contribution in [0.5, 0.6) is 0 Å². The van der Waals surface area contributed by atoms with Gasteiger partial charge in [-0.05, 0) is 0 Å². The lowest BCUT2D eigenvalue weighted by atomic mass is 10.2. The van der Waals surface area contributed by atoms with Gasteiger partial charge in [0.05, 0.1) is 12.7 Å². The second-order valence-corrected chi connectivity index (χ2v) is 1.74. The Morgan fingerprint density at radius 1 is 1.44 bits per heavy atom. The smallest absolute Gasteiger partial charge is 0.160 e. The van der Waals surface area contributed by atoms with Crippen molar-refractivity contribution in [3.05, 3.63) is 0 Å². The zero-order chi connectivity index (χ0) is 7.28. The topological polar surface area (TPSA) is 77.8 Å². The van der Waals surface area contributed by atoms with Gasteiger partial charge in [-0.1, -0.05) is 0 Å². The van der Waals surface area contributed by atoms with Gasteiger partial charge in [-0.2, -0.15) is 0 Å². The number of carbonyl (C=O) groups excluding carboxylic acids is 1. The van der Waals surface area contributed by atoms with Crippen molar-refractivity contribution in [3.8, 4) is 0 Å². The Balaban J connectivity index is 3.34. The number of carbonyl (C=O) groups is 1. The van der Waals surface area contributed by atoms with Crippen LogP contribution in [-0.2, 0) is 4.79 Å². The van der Waals surface area contributed by atoms with Gasteiger partial charge >= 0.3 is 0 Å². The third kappa shape index (κ3) is 4.08. The van der Waals surface area contributed by atoms with E-state index in [9.17, 15) is 4.79 Å². The molecule has 0 spiro atoms. The van der Waals surface area contributed by atoms with Gasteiger partial charge in [0.2, 0.25) is 0 Å². The summed E-state index contributed by atoms with van der Waals surface area (Å²) in [6.45, 7) is -1.01. The minimum atomic E-state index is -1.02. The summed E-state index contributed by atoms with van der Waals surface area (Å²) in [5, 5.41) is 24.9. The summed E-state index contributed by atoms with van der Waals surface area (Å²) in [6, 6.07) is 0. The molecule has 0 aromatic rings. The summed E-state index contributed by atoms with van der Waals surface area (Å²) < 4.78 is 0. The van der Waals surface area contributed by atoms with Crippen LogP contribution in [0.1, 0.15) is 6.42 Å². The van der Waals surface area contributed by atoms with Crippen molar-refractivity contribution >= 4 is 5.78 Å². The highest BCUT2D eigenvalue weighted by Gasteiger charge is 2.07. The molecule has 0 saturated heterocycles. The molecule has 3 N–H and O–H groups in total. The third-order valence-electron chi connectivity index (χ3n) is 0.850. The van der Waals surface area contributed by atoms with E-state index in [1.807, 2.05) is 0 Å². The lowest BCUT2D eigenvalue weighted by Crippen LogP contribution is -2.18. The molecule has 0 aliphatic heterocycles. The molecule has 0 rings (SSSR count). The summed E-state index contributed by atoms with van der Waals surface area (Å²) in [5.74, 6) is -0.462. The average molecular weight is 134 g/mol. The Morgan fingerprint density at radius 3 is 2.33 bits per heavy atom. The molecule has 4 heteroatoms. The van der Waals surface area contributed by atoms with E-state index in [0.717, 1.165) is 0 Å². The van der Waals surface area contributed by atoms with Crippen LogP contribution in [-0.4, -0.2) is 40.4 Å². The van der Waals surface area contributed by atoms with Crippen LogP contribution in [0.2, 0.25) is 0 Å². The minimum absolute atomic E-state index is 0.174. The van der Waals surface area contributed by atoms with Crippen LogP contribution >= 0.6 is 0 Å². The van der Waals surface area contributed by atoms with Crippen molar-refractivity contribution in [1.29, 1.82) is 0 Å². The number of ketones is 1. The number of hydrogen-bond acceptors (Lipinski definition) is 4. The SMILES string of the molecule is O=C(CO)C[C@@H](O)CO. The average Bonchev–Trinajstić information content (AvgIpc) is 1.87. The fraction of sp³-hybridized carbons (Fsp3) is 0.800. The first-order valence-corrected chi connectivity index (χ1v) is 2.62. The molecule has 0 aliphatic carbocycles. The summed E-state index contributed by atoms with van der Waals surface area (Å²) in [6.07, 6.45) is -1.20. The van der Waals surface area contributed by atoms with E-state index in [4.69, 9.17) is 15.3 Å². The lowest BCUT2D eigenvalue weighted by molar-refractivity contribution is -0.124. The quantitative estimate of drug-likeness (QED) is 0.428. The number of hydrogen-bond donors (Lipinski definition) is 3. The van der Waals surface area contributed by atoms with Crippen LogP contribution in [0.4, 0.5) is 0 Å². The fourth-order valence-electron chi connectivity index (χ4n) is 0.392. The zero-order valence-corrected chi connectivity index (χ0v) is 4.95. The van der Waals surface area contributed by atoms with Crippen LogP contribution in [0.15, 0.2) is 0 Å². The maximum atomic E-state index is 10.3. The van der Waals surface area contributed by atoms with Gasteiger partial charge in [-0.25, -0.2) is 0 Å². The lowest BCUT2D eigenvalue weighted by Gasteiger charge is -2.02. The van der Waals surface area contributed by atoms with Crippen LogP contribution in [0.25, 0.3) is 0 Å². The molecule has 1 atom stereocenters. The molecule has 4 nitrogen and oxygen atoms in total. The first kappa shape index (κ1) is 8.55. The Hall–Kier alpha value is -0.450. The van der Waals surface area contributed by atoms with Crippen molar-refractivity contribution < 1.29 is 20.1 Å². The summed E-state index contributed by atoms with van der Waals surface area (Å²) in [4.78, 5) is 10.3. The molecule has 0 aromatic heterocycles. The molecule has 0 amide bonds. The van der Waals surface area contributed by atoms with E-state index in [1.165, 1.54) is 0 Å². The Bertz CT molecular complexity index is 91.0. The number of rotatable bonds is 4. The molecular weight excluding hydrogens is 124 g/mol. The molecule has 54 valence electrons. The van der Waals surface area contributed by atoms with Gasteiger partial charge in [0.15, 0.2) is 5.78 Å². The van der Waals surface area contributed by atoms with E-state index in [2.05, 4.69) is 0 Å². The predicted molar refractivity (Wildman–Crippen MR) is 29.8 cm³/mol. The molecule has 0 heterocycles. The summed E-state index contributed by atoms with van der Waals surface area (Å²) in [5.41, 5.74) is 0. The van der Waals surface area contributed by atoms with E-state index in [1.54, 1.807) is 0 Å². The number of Topliss-reactive ketones (excluding diaryl/α,β-unsaturated/α-hetero) is 1. The van der Waals surface area contributed by atoms with E-state index in [0.29, 0.717) is 0 Å². The summed E-state index contributed by atoms with van der Waals surface area (Å²) in [7, 11) is 0. The fourth-order valence-corrected chi connectivity index (χ4v) is 0.392. The molecule has 0 radical (unpaired) electrons. The number of aliphatic hydroxyl groups excluding tert-OH is 3. The Labute approximate surface area is 52.7 Å². The van der Waals surface area contributed by atoms with Gasteiger partial charge < -0.3 is 15.3 Å². The maximum Gasteiger partial charge on any atom is 0.160 e. The third-order valence-corrected chi connectivity index (χ3v) is 0.850. The van der Waals surface area contributed by atoms with Crippen molar-refractivity contribution in [2.75, 3.05) is 13.2 Å². The van der Waals surface area contributed by atoms with Gasteiger partial charge in [0.1, 0.15) is 6.61 Å². The van der Waals surface area contributed by atoms with Crippen LogP contribution in [0, 0.1) is 0 Å². The van der Waals surface area contributed by atoms with Crippen LogP contribution in [0.3, 0.4) is 0 Å². The standard InChI is InChI=1S/C5H10O4/c6-2-4(8)1-5(9)3-7/h4,6-8H,1-3H2/t4-/m1/s1. The second-order valence-electron chi connectivity index (χ2n) is 1.74. The maximum absolute atomic E-state index is 10.3. The molecule has 0 aliphatic rings. The monoisotopic (exact) mass is 134 g/mol. The largest absolute Gasteiger partial charge is 0.394 e. The van der Waals surface area contributed by atoms with E-state index < -0.39 is 25.1 Å². The predicted octanol–water partition coefficient (Wildman–Crippen LogP) is -1.71. The molecule has 0 saturated carbocycles.